The minimum atomic E-state index is 0.863. The van der Waals surface area contributed by atoms with Gasteiger partial charge in [0.05, 0.1) is 23.8 Å². The summed E-state index contributed by atoms with van der Waals surface area (Å²) in [5.41, 5.74) is 4.55. The summed E-state index contributed by atoms with van der Waals surface area (Å²) in [7, 11) is 1.71. The fraction of sp³-hybridized carbons (Fsp3) is 0.350. The van der Waals surface area contributed by atoms with Gasteiger partial charge < -0.3 is 9.64 Å². The predicted octanol–water partition coefficient (Wildman–Crippen LogP) is 4.33. The van der Waals surface area contributed by atoms with Gasteiger partial charge >= 0.3 is 0 Å². The van der Waals surface area contributed by atoms with E-state index in [1.165, 1.54) is 30.5 Å². The van der Waals surface area contributed by atoms with Crippen LogP contribution in [-0.2, 0) is 0 Å². The van der Waals surface area contributed by atoms with Crippen LogP contribution in [0.1, 0.15) is 24.8 Å². The molecule has 0 atom stereocenters. The molecule has 124 valence electrons. The number of aromatic nitrogens is 2. The van der Waals surface area contributed by atoms with Crippen LogP contribution in [0.15, 0.2) is 42.5 Å². The first-order valence-electron chi connectivity index (χ1n) is 8.65. The van der Waals surface area contributed by atoms with Gasteiger partial charge in [-0.25, -0.2) is 4.98 Å². The molecule has 1 aliphatic heterocycles. The standard InChI is InChI=1S/C20H23N3O/c1-15-8-4-5-9-18(15)23-19-14-16(24-2)10-11-17(19)21-20(23)22-12-6-3-7-13-22/h4-5,8-11,14H,3,6-7,12-13H2,1-2H3. The van der Waals surface area contributed by atoms with Crippen molar-refractivity contribution < 1.29 is 4.74 Å². The fourth-order valence-electron chi connectivity index (χ4n) is 3.53. The first-order chi connectivity index (χ1) is 11.8. The third-order valence-corrected chi connectivity index (χ3v) is 4.84. The second-order valence-electron chi connectivity index (χ2n) is 6.44. The first kappa shape index (κ1) is 15.1. The maximum absolute atomic E-state index is 5.44. The molecular formula is C20H23N3O. The van der Waals surface area contributed by atoms with Crippen LogP contribution in [0.25, 0.3) is 16.7 Å². The maximum Gasteiger partial charge on any atom is 0.211 e. The summed E-state index contributed by atoms with van der Waals surface area (Å²) in [5, 5.41) is 0. The number of imidazole rings is 1. The van der Waals surface area contributed by atoms with Crippen LogP contribution in [0.5, 0.6) is 5.75 Å². The first-order valence-corrected chi connectivity index (χ1v) is 8.65. The number of fused-ring (bicyclic) bond motifs is 1. The van der Waals surface area contributed by atoms with Crippen LogP contribution in [0.3, 0.4) is 0 Å². The molecule has 0 saturated carbocycles. The van der Waals surface area contributed by atoms with Gasteiger partial charge in [-0.05, 0) is 49.9 Å². The Morgan fingerprint density at radius 1 is 1.00 bits per heavy atom. The van der Waals surface area contributed by atoms with Gasteiger partial charge in [-0.3, -0.25) is 4.57 Å². The molecule has 1 aromatic heterocycles. The third-order valence-electron chi connectivity index (χ3n) is 4.84. The molecule has 1 saturated heterocycles. The maximum atomic E-state index is 5.44. The molecule has 24 heavy (non-hydrogen) atoms. The van der Waals surface area contributed by atoms with E-state index in [9.17, 15) is 0 Å². The lowest BCUT2D eigenvalue weighted by molar-refractivity contribution is 0.415. The summed E-state index contributed by atoms with van der Waals surface area (Å²) < 4.78 is 7.73. The number of anilines is 1. The molecule has 4 nitrogen and oxygen atoms in total. The zero-order valence-corrected chi connectivity index (χ0v) is 14.3. The monoisotopic (exact) mass is 321 g/mol. The van der Waals surface area contributed by atoms with Crippen molar-refractivity contribution in [3.05, 3.63) is 48.0 Å². The van der Waals surface area contributed by atoms with Gasteiger partial charge in [0.2, 0.25) is 5.95 Å². The highest BCUT2D eigenvalue weighted by atomic mass is 16.5. The molecule has 0 spiro atoms. The van der Waals surface area contributed by atoms with Crippen molar-refractivity contribution in [3.8, 4) is 11.4 Å². The molecule has 1 aliphatic rings. The minimum absolute atomic E-state index is 0.863. The number of methoxy groups -OCH3 is 1. The van der Waals surface area contributed by atoms with Crippen LogP contribution in [0.2, 0.25) is 0 Å². The van der Waals surface area contributed by atoms with Gasteiger partial charge in [-0.1, -0.05) is 18.2 Å². The van der Waals surface area contributed by atoms with E-state index in [4.69, 9.17) is 9.72 Å². The average Bonchev–Trinajstić information content (AvgIpc) is 3.01. The highest BCUT2D eigenvalue weighted by Crippen LogP contribution is 2.32. The molecular weight excluding hydrogens is 298 g/mol. The van der Waals surface area contributed by atoms with Crippen molar-refractivity contribution in [2.75, 3.05) is 25.1 Å². The number of para-hydroxylation sites is 1. The van der Waals surface area contributed by atoms with Crippen molar-refractivity contribution in [1.29, 1.82) is 0 Å². The average molecular weight is 321 g/mol. The minimum Gasteiger partial charge on any atom is -0.497 e. The van der Waals surface area contributed by atoms with Crippen LogP contribution in [0.4, 0.5) is 5.95 Å². The topological polar surface area (TPSA) is 30.3 Å². The molecule has 2 heterocycles. The van der Waals surface area contributed by atoms with E-state index in [0.29, 0.717) is 0 Å². The molecule has 0 bridgehead atoms. The van der Waals surface area contributed by atoms with E-state index >= 15 is 0 Å². The molecule has 1 fully saturated rings. The zero-order chi connectivity index (χ0) is 16.5. The number of aryl methyl sites for hydroxylation is 1. The van der Waals surface area contributed by atoms with E-state index in [-0.39, 0.29) is 0 Å². The van der Waals surface area contributed by atoms with E-state index in [1.807, 2.05) is 6.07 Å². The Balaban J connectivity index is 1.97. The second kappa shape index (κ2) is 6.19. The van der Waals surface area contributed by atoms with Crippen molar-refractivity contribution in [2.24, 2.45) is 0 Å². The van der Waals surface area contributed by atoms with E-state index in [2.05, 4.69) is 52.8 Å². The number of benzene rings is 2. The summed E-state index contributed by atoms with van der Waals surface area (Å²) in [5.74, 6) is 1.91. The molecule has 0 unspecified atom stereocenters. The SMILES string of the molecule is COc1ccc2nc(N3CCCCC3)n(-c3ccccc3C)c2c1. The van der Waals surface area contributed by atoms with Gasteiger partial charge in [0.25, 0.3) is 0 Å². The largest absolute Gasteiger partial charge is 0.497 e. The number of hydrogen-bond donors (Lipinski definition) is 0. The lowest BCUT2D eigenvalue weighted by Crippen LogP contribution is -2.31. The Labute approximate surface area is 142 Å². The molecule has 2 aromatic carbocycles. The van der Waals surface area contributed by atoms with E-state index < -0.39 is 0 Å². The lowest BCUT2D eigenvalue weighted by atomic mass is 10.1. The van der Waals surface area contributed by atoms with Crippen molar-refractivity contribution in [2.45, 2.75) is 26.2 Å². The highest BCUT2D eigenvalue weighted by molar-refractivity contribution is 5.83. The fourth-order valence-corrected chi connectivity index (χ4v) is 3.53. The van der Waals surface area contributed by atoms with Gasteiger partial charge in [0.1, 0.15) is 5.75 Å². The number of ether oxygens (including phenoxy) is 1. The Kier molecular flexibility index (Phi) is 3.89. The van der Waals surface area contributed by atoms with Gasteiger partial charge in [-0.15, -0.1) is 0 Å². The summed E-state index contributed by atoms with van der Waals surface area (Å²) in [6, 6.07) is 14.6. The quantitative estimate of drug-likeness (QED) is 0.719. The highest BCUT2D eigenvalue weighted by Gasteiger charge is 2.21. The molecule has 0 amide bonds. The molecule has 0 aliphatic carbocycles. The summed E-state index contributed by atoms with van der Waals surface area (Å²) in [4.78, 5) is 7.38. The number of piperidine rings is 1. The molecule has 0 radical (unpaired) electrons. The number of nitrogens with zero attached hydrogens (tertiary/aromatic N) is 3. The predicted molar refractivity (Wildman–Crippen MR) is 98.4 cm³/mol. The van der Waals surface area contributed by atoms with Crippen molar-refractivity contribution in [1.82, 2.24) is 9.55 Å². The van der Waals surface area contributed by atoms with Crippen LogP contribution >= 0.6 is 0 Å². The van der Waals surface area contributed by atoms with Crippen LogP contribution in [0, 0.1) is 6.92 Å². The Morgan fingerprint density at radius 2 is 1.79 bits per heavy atom. The summed E-state index contributed by atoms with van der Waals surface area (Å²) in [6.07, 6.45) is 3.79. The molecule has 0 N–H and O–H groups in total. The Morgan fingerprint density at radius 3 is 2.54 bits per heavy atom. The van der Waals surface area contributed by atoms with Crippen LogP contribution in [-0.4, -0.2) is 29.8 Å². The van der Waals surface area contributed by atoms with Crippen molar-refractivity contribution in [3.63, 3.8) is 0 Å². The van der Waals surface area contributed by atoms with E-state index in [1.54, 1.807) is 7.11 Å². The number of rotatable bonds is 3. The summed E-state index contributed by atoms with van der Waals surface area (Å²) in [6.45, 7) is 4.31. The second-order valence-corrected chi connectivity index (χ2v) is 6.44. The Hall–Kier alpha value is -2.49. The van der Waals surface area contributed by atoms with Gasteiger partial charge in [0.15, 0.2) is 0 Å². The van der Waals surface area contributed by atoms with Gasteiger partial charge in [-0.2, -0.15) is 0 Å². The van der Waals surface area contributed by atoms with E-state index in [0.717, 1.165) is 35.8 Å². The zero-order valence-electron chi connectivity index (χ0n) is 14.3. The smallest absolute Gasteiger partial charge is 0.211 e. The lowest BCUT2D eigenvalue weighted by Gasteiger charge is -2.28. The molecule has 3 aromatic rings. The summed E-state index contributed by atoms with van der Waals surface area (Å²) >= 11 is 0. The Bertz CT molecular complexity index is 862. The van der Waals surface area contributed by atoms with Gasteiger partial charge in [0, 0.05) is 19.2 Å². The van der Waals surface area contributed by atoms with Crippen LogP contribution < -0.4 is 9.64 Å². The third kappa shape index (κ3) is 2.52. The van der Waals surface area contributed by atoms with Crippen molar-refractivity contribution >= 4 is 17.0 Å². The normalized spacial score (nSPS) is 15.0. The molecule has 4 heteroatoms. The molecule has 4 rings (SSSR count). The number of hydrogen-bond acceptors (Lipinski definition) is 3.